The van der Waals surface area contributed by atoms with Crippen molar-refractivity contribution in [3.05, 3.63) is 23.3 Å². The molecule has 4 heteroatoms. The molecule has 0 aromatic carbocycles. The molecule has 0 saturated carbocycles. The minimum Gasteiger partial charge on any atom is -0.359 e. The Morgan fingerprint density at radius 3 is 1.36 bits per heavy atom. The molecule has 0 aromatic heterocycles. The largest absolute Gasteiger partial charge is 0.359 e. The number of aliphatic hydroxyl groups is 4. The van der Waals surface area contributed by atoms with E-state index in [9.17, 15) is 20.4 Å². The van der Waals surface area contributed by atoms with E-state index in [4.69, 9.17) is 0 Å². The normalized spacial score (nSPS) is 24.1. The van der Waals surface area contributed by atoms with E-state index in [0.29, 0.717) is 12.8 Å². The zero-order valence-corrected chi connectivity index (χ0v) is 8.36. The van der Waals surface area contributed by atoms with Gasteiger partial charge in [0.25, 0.3) is 0 Å². The third-order valence-electron chi connectivity index (χ3n) is 2.51. The second kappa shape index (κ2) is 3.47. The molecule has 0 atom stereocenters. The van der Waals surface area contributed by atoms with Crippen molar-refractivity contribution in [1.82, 2.24) is 0 Å². The maximum Gasteiger partial charge on any atom is 0.206 e. The fraction of sp³-hybridized carbons (Fsp3) is 0.600. The van der Waals surface area contributed by atoms with E-state index in [0.717, 1.165) is 12.2 Å². The first kappa shape index (κ1) is 11.4. The third-order valence-corrected chi connectivity index (χ3v) is 2.51. The van der Waals surface area contributed by atoms with Crippen LogP contribution in [0.25, 0.3) is 0 Å². The van der Waals surface area contributed by atoms with E-state index >= 15 is 0 Å². The molecular formula is C10H16O4. The van der Waals surface area contributed by atoms with Crippen LogP contribution in [0.15, 0.2) is 23.3 Å². The highest BCUT2D eigenvalue weighted by Gasteiger charge is 2.39. The Hall–Kier alpha value is -0.680. The summed E-state index contributed by atoms with van der Waals surface area (Å²) in [5.74, 6) is -4.09. The molecule has 0 spiro atoms. The van der Waals surface area contributed by atoms with Crippen LogP contribution >= 0.6 is 0 Å². The van der Waals surface area contributed by atoms with Gasteiger partial charge in [-0.15, -0.1) is 0 Å². The van der Waals surface area contributed by atoms with Crippen LogP contribution in [-0.4, -0.2) is 32.0 Å². The minimum atomic E-state index is -2.05. The van der Waals surface area contributed by atoms with Gasteiger partial charge in [0.1, 0.15) is 0 Å². The van der Waals surface area contributed by atoms with E-state index in [1.807, 2.05) is 0 Å². The Kier molecular flexibility index (Phi) is 2.83. The standard InChI is InChI=1S/C10H16O4/c1-3-7-8(4-2)10(13,14)6-5-9(7,11)12/h5-6,11-14H,3-4H2,1-2H3. The van der Waals surface area contributed by atoms with Crippen molar-refractivity contribution in [2.45, 2.75) is 38.3 Å². The maximum absolute atomic E-state index is 9.56. The van der Waals surface area contributed by atoms with E-state index in [2.05, 4.69) is 0 Å². The first-order valence-corrected chi connectivity index (χ1v) is 4.68. The van der Waals surface area contributed by atoms with Gasteiger partial charge in [-0.2, -0.15) is 0 Å². The lowest BCUT2D eigenvalue weighted by atomic mass is 9.85. The lowest BCUT2D eigenvalue weighted by Gasteiger charge is -2.34. The first-order chi connectivity index (χ1) is 6.35. The van der Waals surface area contributed by atoms with Crippen molar-refractivity contribution < 1.29 is 20.4 Å². The van der Waals surface area contributed by atoms with Gasteiger partial charge >= 0.3 is 0 Å². The van der Waals surface area contributed by atoms with Gasteiger partial charge in [0.2, 0.25) is 11.6 Å². The highest BCUT2D eigenvalue weighted by Crippen LogP contribution is 2.35. The number of rotatable bonds is 2. The molecule has 0 aromatic rings. The Morgan fingerprint density at radius 1 is 0.857 bits per heavy atom. The van der Waals surface area contributed by atoms with Gasteiger partial charge in [-0.3, -0.25) is 0 Å². The second-order valence-corrected chi connectivity index (χ2v) is 3.45. The van der Waals surface area contributed by atoms with Crippen molar-refractivity contribution in [3.63, 3.8) is 0 Å². The molecule has 4 nitrogen and oxygen atoms in total. The highest BCUT2D eigenvalue weighted by atomic mass is 16.5. The summed E-state index contributed by atoms with van der Waals surface area (Å²) >= 11 is 0. The van der Waals surface area contributed by atoms with Crippen molar-refractivity contribution in [2.24, 2.45) is 0 Å². The molecule has 0 fully saturated rings. The van der Waals surface area contributed by atoms with Gasteiger partial charge in [-0.05, 0) is 36.1 Å². The summed E-state index contributed by atoms with van der Waals surface area (Å²) in [5, 5.41) is 38.2. The van der Waals surface area contributed by atoms with Crippen LogP contribution in [0.1, 0.15) is 26.7 Å². The van der Waals surface area contributed by atoms with Crippen molar-refractivity contribution in [1.29, 1.82) is 0 Å². The molecule has 4 N–H and O–H groups in total. The molecule has 0 amide bonds. The van der Waals surface area contributed by atoms with Gasteiger partial charge in [-0.25, -0.2) is 0 Å². The summed E-state index contributed by atoms with van der Waals surface area (Å²) in [6.07, 6.45) is 2.71. The van der Waals surface area contributed by atoms with E-state index in [-0.39, 0.29) is 11.1 Å². The van der Waals surface area contributed by atoms with E-state index in [1.54, 1.807) is 13.8 Å². The molecule has 0 heterocycles. The predicted molar refractivity (Wildman–Crippen MR) is 51.1 cm³/mol. The Bertz CT molecular complexity index is 258. The number of hydrogen-bond donors (Lipinski definition) is 4. The van der Waals surface area contributed by atoms with Crippen LogP contribution in [0.5, 0.6) is 0 Å². The summed E-state index contributed by atoms with van der Waals surface area (Å²) < 4.78 is 0. The lowest BCUT2D eigenvalue weighted by Crippen LogP contribution is -2.41. The molecule has 1 aliphatic rings. The van der Waals surface area contributed by atoms with Crippen LogP contribution in [0, 0.1) is 0 Å². The average Bonchev–Trinajstić information content (AvgIpc) is 2.09. The summed E-state index contributed by atoms with van der Waals surface area (Å²) in [4.78, 5) is 0. The summed E-state index contributed by atoms with van der Waals surface area (Å²) in [6.45, 7) is 3.48. The van der Waals surface area contributed by atoms with Crippen LogP contribution in [0.3, 0.4) is 0 Å². The summed E-state index contributed by atoms with van der Waals surface area (Å²) in [5.41, 5.74) is 0.514. The third kappa shape index (κ3) is 1.74. The zero-order valence-electron chi connectivity index (χ0n) is 8.36. The summed E-state index contributed by atoms with van der Waals surface area (Å²) in [7, 11) is 0. The van der Waals surface area contributed by atoms with Crippen LogP contribution in [-0.2, 0) is 0 Å². The van der Waals surface area contributed by atoms with Crippen molar-refractivity contribution >= 4 is 0 Å². The van der Waals surface area contributed by atoms with Gasteiger partial charge in [0.15, 0.2) is 0 Å². The molecule has 1 rings (SSSR count). The Labute approximate surface area is 82.8 Å². The van der Waals surface area contributed by atoms with Gasteiger partial charge in [0, 0.05) is 0 Å². The Balaban J connectivity index is 3.25. The maximum atomic E-state index is 9.56. The molecule has 0 unspecified atom stereocenters. The monoisotopic (exact) mass is 200 g/mol. The van der Waals surface area contributed by atoms with E-state index in [1.165, 1.54) is 0 Å². The SMILES string of the molecule is CCC1=C(CC)C(O)(O)C=CC1(O)O. The molecule has 0 saturated heterocycles. The molecule has 0 radical (unpaired) electrons. The fourth-order valence-corrected chi connectivity index (χ4v) is 1.82. The Morgan fingerprint density at radius 2 is 1.14 bits per heavy atom. The van der Waals surface area contributed by atoms with Crippen molar-refractivity contribution in [2.75, 3.05) is 0 Å². The predicted octanol–water partition coefficient (Wildman–Crippen LogP) is 0.0346. The van der Waals surface area contributed by atoms with Gasteiger partial charge in [0.05, 0.1) is 0 Å². The van der Waals surface area contributed by atoms with E-state index < -0.39 is 11.6 Å². The molecule has 0 bridgehead atoms. The van der Waals surface area contributed by atoms with Crippen LogP contribution in [0.2, 0.25) is 0 Å². The summed E-state index contributed by atoms with van der Waals surface area (Å²) in [6, 6.07) is 0. The zero-order chi connectivity index (χ0) is 11.0. The van der Waals surface area contributed by atoms with Gasteiger partial charge < -0.3 is 20.4 Å². The smallest absolute Gasteiger partial charge is 0.206 e. The highest BCUT2D eigenvalue weighted by molar-refractivity contribution is 5.38. The second-order valence-electron chi connectivity index (χ2n) is 3.45. The van der Waals surface area contributed by atoms with Crippen LogP contribution < -0.4 is 0 Å². The molecule has 80 valence electrons. The molecular weight excluding hydrogens is 184 g/mol. The molecule has 1 aliphatic carbocycles. The topological polar surface area (TPSA) is 80.9 Å². The fourth-order valence-electron chi connectivity index (χ4n) is 1.82. The average molecular weight is 200 g/mol. The number of hydrogen-bond acceptors (Lipinski definition) is 4. The van der Waals surface area contributed by atoms with Gasteiger partial charge in [-0.1, -0.05) is 13.8 Å². The lowest BCUT2D eigenvalue weighted by molar-refractivity contribution is -0.123. The molecule has 0 aliphatic heterocycles. The molecule has 14 heavy (non-hydrogen) atoms. The minimum absolute atomic E-state index is 0.257. The van der Waals surface area contributed by atoms with Crippen molar-refractivity contribution in [3.8, 4) is 0 Å². The first-order valence-electron chi connectivity index (χ1n) is 4.68. The van der Waals surface area contributed by atoms with Crippen LogP contribution in [0.4, 0.5) is 0 Å². The quantitative estimate of drug-likeness (QED) is 0.374.